The van der Waals surface area contributed by atoms with Gasteiger partial charge in [0.2, 0.25) is 5.91 Å². The summed E-state index contributed by atoms with van der Waals surface area (Å²) in [6.07, 6.45) is 2.06. The molecule has 4 aromatic rings. The number of carbonyl (C=O) groups excluding carboxylic acids is 3. The first-order valence-corrected chi connectivity index (χ1v) is 14.2. The molecule has 1 saturated heterocycles. The second-order valence-electron chi connectivity index (χ2n) is 11.2. The third-order valence-corrected chi connectivity index (χ3v) is 9.18. The molecule has 1 fully saturated rings. The fourth-order valence-electron chi connectivity index (χ4n) is 7.25. The van der Waals surface area contributed by atoms with Crippen molar-refractivity contribution in [3.05, 3.63) is 125 Å². The summed E-state index contributed by atoms with van der Waals surface area (Å²) in [4.78, 5) is 46.2. The molecule has 1 spiro atoms. The van der Waals surface area contributed by atoms with Crippen LogP contribution in [0.15, 0.2) is 103 Å². The van der Waals surface area contributed by atoms with Gasteiger partial charge in [-0.1, -0.05) is 42.5 Å². The first-order valence-electron chi connectivity index (χ1n) is 14.2. The van der Waals surface area contributed by atoms with Crippen LogP contribution in [0.25, 0.3) is 5.57 Å². The number of rotatable bonds is 6. The Hall–Kier alpha value is -5.17. The highest BCUT2D eigenvalue weighted by Gasteiger charge is 2.70. The maximum absolute atomic E-state index is 14.9. The molecule has 3 aliphatic heterocycles. The molecule has 0 aromatic heterocycles. The van der Waals surface area contributed by atoms with E-state index in [2.05, 4.69) is 11.4 Å². The average molecular weight is 571 g/mol. The number of para-hydroxylation sites is 2. The van der Waals surface area contributed by atoms with E-state index in [0.29, 0.717) is 28.3 Å². The van der Waals surface area contributed by atoms with Crippen LogP contribution in [0.1, 0.15) is 38.8 Å². The highest BCUT2D eigenvalue weighted by molar-refractivity contribution is 6.18. The SMILES string of the molecule is COc1ccc(C(=O)[C@@H]2[C@H](C(=O)c3ccc(OC)cc3)N3c4ccccc4C(C)=C[C@H]3[C@]23C(=O)Nc2ccccc23)cc1. The lowest BCUT2D eigenvalue weighted by Gasteiger charge is -2.39. The van der Waals surface area contributed by atoms with Gasteiger partial charge in [0.05, 0.1) is 26.2 Å². The maximum Gasteiger partial charge on any atom is 0.238 e. The Morgan fingerprint density at radius 1 is 0.767 bits per heavy atom. The molecule has 0 aliphatic carbocycles. The quantitative estimate of drug-likeness (QED) is 0.289. The van der Waals surface area contributed by atoms with E-state index in [4.69, 9.17) is 9.47 Å². The topological polar surface area (TPSA) is 84.9 Å². The van der Waals surface area contributed by atoms with Crippen LogP contribution in [-0.4, -0.2) is 43.8 Å². The van der Waals surface area contributed by atoms with Gasteiger partial charge in [-0.2, -0.15) is 0 Å². The smallest absolute Gasteiger partial charge is 0.238 e. The fraction of sp³-hybridized carbons (Fsp3) is 0.194. The molecule has 43 heavy (non-hydrogen) atoms. The van der Waals surface area contributed by atoms with Gasteiger partial charge in [-0.05, 0) is 78.7 Å². The van der Waals surface area contributed by atoms with Crippen molar-refractivity contribution in [2.75, 3.05) is 24.4 Å². The second-order valence-corrected chi connectivity index (χ2v) is 11.2. The Labute approximate surface area is 249 Å². The van der Waals surface area contributed by atoms with E-state index in [9.17, 15) is 14.4 Å². The Bertz CT molecular complexity index is 1810. The number of nitrogens with one attached hydrogen (secondary N) is 1. The van der Waals surface area contributed by atoms with Crippen LogP contribution in [0.2, 0.25) is 0 Å². The van der Waals surface area contributed by atoms with E-state index in [1.54, 1.807) is 62.8 Å². The lowest BCUT2D eigenvalue weighted by molar-refractivity contribution is -0.121. The zero-order chi connectivity index (χ0) is 29.9. The largest absolute Gasteiger partial charge is 0.497 e. The summed E-state index contributed by atoms with van der Waals surface area (Å²) < 4.78 is 10.7. The highest BCUT2D eigenvalue weighted by Crippen LogP contribution is 2.58. The Morgan fingerprint density at radius 3 is 2.00 bits per heavy atom. The van der Waals surface area contributed by atoms with E-state index < -0.39 is 23.4 Å². The number of ether oxygens (including phenoxy) is 2. The van der Waals surface area contributed by atoms with Gasteiger partial charge in [0, 0.05) is 28.1 Å². The van der Waals surface area contributed by atoms with Crippen LogP contribution in [0.5, 0.6) is 11.5 Å². The molecule has 3 aliphatic rings. The number of amides is 1. The van der Waals surface area contributed by atoms with Crippen LogP contribution in [0, 0.1) is 5.92 Å². The number of ketones is 2. The summed E-state index contributed by atoms with van der Waals surface area (Å²) in [5.41, 5.74) is 3.62. The van der Waals surface area contributed by atoms with Crippen molar-refractivity contribution in [1.82, 2.24) is 0 Å². The van der Waals surface area contributed by atoms with Crippen LogP contribution >= 0.6 is 0 Å². The summed E-state index contributed by atoms with van der Waals surface area (Å²) in [6.45, 7) is 2.02. The summed E-state index contributed by atoms with van der Waals surface area (Å²) in [5.74, 6) is -0.620. The van der Waals surface area contributed by atoms with Crippen LogP contribution in [-0.2, 0) is 10.2 Å². The number of benzene rings is 4. The predicted octanol–water partition coefficient (Wildman–Crippen LogP) is 5.95. The molecule has 3 heterocycles. The van der Waals surface area contributed by atoms with Crippen molar-refractivity contribution < 1.29 is 23.9 Å². The number of nitrogens with zero attached hydrogens (tertiary/aromatic N) is 1. The van der Waals surface area contributed by atoms with Crippen molar-refractivity contribution in [3.63, 3.8) is 0 Å². The Balaban J connectivity index is 1.52. The van der Waals surface area contributed by atoms with Crippen molar-refractivity contribution in [3.8, 4) is 11.5 Å². The molecule has 7 heteroatoms. The minimum atomic E-state index is -1.37. The monoisotopic (exact) mass is 570 g/mol. The molecule has 0 unspecified atom stereocenters. The Kier molecular flexibility index (Phi) is 6.20. The molecular weight excluding hydrogens is 540 g/mol. The van der Waals surface area contributed by atoms with Gasteiger partial charge in [0.25, 0.3) is 0 Å². The number of Topliss-reactive ketones (excluding diaryl/α,β-unsaturated/α-hetero) is 2. The second kappa shape index (κ2) is 9.98. The van der Waals surface area contributed by atoms with Gasteiger partial charge in [-0.3, -0.25) is 14.4 Å². The molecule has 0 bridgehead atoms. The minimum Gasteiger partial charge on any atom is -0.497 e. The number of allylic oxidation sites excluding steroid dienone is 1. The normalized spacial score (nSPS) is 23.1. The summed E-state index contributed by atoms with van der Waals surface area (Å²) in [7, 11) is 3.14. The van der Waals surface area contributed by atoms with Gasteiger partial charge < -0.3 is 19.7 Å². The number of anilines is 2. The molecule has 1 amide bonds. The van der Waals surface area contributed by atoms with E-state index in [-0.39, 0.29) is 17.5 Å². The molecule has 0 saturated carbocycles. The van der Waals surface area contributed by atoms with Crippen molar-refractivity contribution >= 4 is 34.4 Å². The number of fused-ring (bicyclic) bond motifs is 6. The predicted molar refractivity (Wildman–Crippen MR) is 165 cm³/mol. The Morgan fingerprint density at radius 2 is 1.35 bits per heavy atom. The molecule has 1 N–H and O–H groups in total. The van der Waals surface area contributed by atoms with Gasteiger partial charge in [0.1, 0.15) is 23.0 Å². The van der Waals surface area contributed by atoms with Crippen molar-refractivity contribution in [1.29, 1.82) is 0 Å². The van der Waals surface area contributed by atoms with Gasteiger partial charge in [-0.15, -0.1) is 0 Å². The summed E-state index contributed by atoms with van der Waals surface area (Å²) >= 11 is 0. The molecule has 4 atom stereocenters. The van der Waals surface area contributed by atoms with Gasteiger partial charge >= 0.3 is 0 Å². The molecular formula is C36H30N2O5. The zero-order valence-electron chi connectivity index (χ0n) is 24.0. The maximum atomic E-state index is 14.9. The number of carbonyl (C=O) groups is 3. The zero-order valence-corrected chi connectivity index (χ0v) is 24.0. The van der Waals surface area contributed by atoms with E-state index >= 15 is 0 Å². The minimum absolute atomic E-state index is 0.240. The number of methoxy groups -OCH3 is 2. The molecule has 7 nitrogen and oxygen atoms in total. The van der Waals surface area contributed by atoms with Crippen LogP contribution in [0.3, 0.4) is 0 Å². The van der Waals surface area contributed by atoms with Crippen molar-refractivity contribution in [2.24, 2.45) is 5.92 Å². The molecule has 0 radical (unpaired) electrons. The first-order chi connectivity index (χ1) is 20.9. The van der Waals surface area contributed by atoms with Crippen molar-refractivity contribution in [2.45, 2.75) is 24.4 Å². The third-order valence-electron chi connectivity index (χ3n) is 9.18. The van der Waals surface area contributed by atoms with Gasteiger partial charge in [-0.25, -0.2) is 0 Å². The standard InChI is InChI=1S/C36H30N2O5/c1-21-20-30-36(27-9-5-6-10-28(27)37-35(36)41)31(33(39)22-12-16-24(42-2)17-13-22)32(38(30)29-11-7-4-8-26(21)29)34(40)23-14-18-25(43-3)19-15-23/h4-20,30-32H,1-3H3,(H,37,41)/t30-,31-,32+,36-/m0/s1. The average Bonchev–Trinajstić information content (AvgIpc) is 3.52. The summed E-state index contributed by atoms with van der Waals surface area (Å²) in [5, 5.41) is 3.08. The van der Waals surface area contributed by atoms with E-state index in [0.717, 1.165) is 22.4 Å². The molecule has 214 valence electrons. The first kappa shape index (κ1) is 26.7. The number of hydrogen-bond acceptors (Lipinski definition) is 6. The van der Waals surface area contributed by atoms with Crippen LogP contribution < -0.4 is 19.7 Å². The lowest BCUT2D eigenvalue weighted by Crippen LogP contribution is -2.51. The fourth-order valence-corrected chi connectivity index (χ4v) is 7.25. The summed E-state index contributed by atoms with van der Waals surface area (Å²) in [6, 6.07) is 27.6. The molecule has 7 rings (SSSR count). The number of hydrogen-bond donors (Lipinski definition) is 1. The van der Waals surface area contributed by atoms with E-state index in [1.165, 1.54) is 0 Å². The molecule has 4 aromatic carbocycles. The third kappa shape index (κ3) is 3.77. The highest BCUT2D eigenvalue weighted by atomic mass is 16.5. The van der Waals surface area contributed by atoms with E-state index in [1.807, 2.05) is 60.4 Å². The van der Waals surface area contributed by atoms with Crippen LogP contribution in [0.4, 0.5) is 11.4 Å². The van der Waals surface area contributed by atoms with Gasteiger partial charge in [0.15, 0.2) is 11.6 Å². The lowest BCUT2D eigenvalue weighted by atomic mass is 9.64.